The normalized spacial score (nSPS) is 24.3. The molecule has 18 heavy (non-hydrogen) atoms. The largest absolute Gasteiger partial charge is 0.396 e. The molecule has 1 amide bonds. The maximum absolute atomic E-state index is 12.4. The summed E-state index contributed by atoms with van der Waals surface area (Å²) in [6.45, 7) is 5.54. The molecule has 1 aliphatic rings. The molecule has 2 unspecified atom stereocenters. The molecule has 6 heteroatoms. The van der Waals surface area contributed by atoms with Crippen molar-refractivity contribution < 1.29 is 9.90 Å². The second kappa shape index (κ2) is 4.97. The summed E-state index contributed by atoms with van der Waals surface area (Å²) in [7, 11) is 0. The number of carbonyl (C=O) groups excluding carboxylic acids is 1. The number of β-amino-alcohol motifs (C(OH)–C–C–N with tert-alkyl or cyclic N) is 1. The summed E-state index contributed by atoms with van der Waals surface area (Å²) in [5.41, 5.74) is 6.62. The Morgan fingerprint density at radius 2 is 2.39 bits per heavy atom. The summed E-state index contributed by atoms with van der Waals surface area (Å²) in [4.78, 5) is 14.0. The first kappa shape index (κ1) is 12.9. The third-order valence-electron chi connectivity index (χ3n) is 3.58. The van der Waals surface area contributed by atoms with Crippen molar-refractivity contribution in [2.75, 3.05) is 18.8 Å². The zero-order chi connectivity index (χ0) is 13.3. The summed E-state index contributed by atoms with van der Waals surface area (Å²) < 4.78 is 1.60. The highest BCUT2D eigenvalue weighted by Crippen LogP contribution is 2.21. The van der Waals surface area contributed by atoms with Crippen molar-refractivity contribution in [2.45, 2.75) is 32.9 Å². The van der Waals surface area contributed by atoms with Crippen molar-refractivity contribution in [2.24, 2.45) is 5.92 Å². The number of hydrogen-bond acceptors (Lipinski definition) is 4. The van der Waals surface area contributed by atoms with Crippen molar-refractivity contribution in [1.82, 2.24) is 14.7 Å². The van der Waals surface area contributed by atoms with Crippen LogP contribution in [-0.2, 0) is 6.54 Å². The molecule has 0 saturated carbocycles. The first-order chi connectivity index (χ1) is 8.54. The first-order valence-corrected chi connectivity index (χ1v) is 6.33. The maximum atomic E-state index is 12.4. The molecular formula is C12H20N4O2. The Morgan fingerprint density at radius 3 is 3.00 bits per heavy atom. The molecule has 0 spiro atoms. The number of amides is 1. The third kappa shape index (κ3) is 2.20. The Bertz CT molecular complexity index is 443. The number of aryl methyl sites for hydroxylation is 1. The zero-order valence-corrected chi connectivity index (χ0v) is 10.8. The van der Waals surface area contributed by atoms with Crippen LogP contribution in [-0.4, -0.2) is 44.9 Å². The summed E-state index contributed by atoms with van der Waals surface area (Å²) in [5.74, 6) is 0.0975. The molecule has 1 fully saturated rings. The van der Waals surface area contributed by atoms with Crippen molar-refractivity contribution in [1.29, 1.82) is 0 Å². The third-order valence-corrected chi connectivity index (χ3v) is 3.58. The first-order valence-electron chi connectivity index (χ1n) is 6.33. The lowest BCUT2D eigenvalue weighted by Crippen LogP contribution is -2.46. The predicted octanol–water partition coefficient (Wildman–Crippen LogP) is 0.328. The average molecular weight is 252 g/mol. The van der Waals surface area contributed by atoms with Crippen LogP contribution in [0.25, 0.3) is 0 Å². The van der Waals surface area contributed by atoms with Gasteiger partial charge in [0.25, 0.3) is 5.91 Å². The van der Waals surface area contributed by atoms with Crippen LogP contribution in [0.5, 0.6) is 0 Å². The van der Waals surface area contributed by atoms with Gasteiger partial charge in [0, 0.05) is 19.6 Å². The van der Waals surface area contributed by atoms with Gasteiger partial charge in [-0.15, -0.1) is 0 Å². The molecule has 0 aromatic carbocycles. The Balaban J connectivity index is 2.18. The second-order valence-electron chi connectivity index (χ2n) is 4.85. The molecule has 3 N–H and O–H groups in total. The SMILES string of the molecule is CCn1ncc(N)c1C(=O)N1CCC(C)C(O)C1. The number of nitrogens with zero attached hydrogens (tertiary/aromatic N) is 3. The fourth-order valence-electron chi connectivity index (χ4n) is 2.26. The van der Waals surface area contributed by atoms with E-state index in [2.05, 4.69) is 5.10 Å². The van der Waals surface area contributed by atoms with E-state index in [1.54, 1.807) is 9.58 Å². The van der Waals surface area contributed by atoms with E-state index in [9.17, 15) is 9.90 Å². The van der Waals surface area contributed by atoms with Crippen LogP contribution in [0.2, 0.25) is 0 Å². The molecule has 2 rings (SSSR count). The van der Waals surface area contributed by atoms with Crippen LogP contribution in [0.1, 0.15) is 30.8 Å². The lowest BCUT2D eigenvalue weighted by Gasteiger charge is -2.34. The highest BCUT2D eigenvalue weighted by atomic mass is 16.3. The van der Waals surface area contributed by atoms with E-state index >= 15 is 0 Å². The quantitative estimate of drug-likeness (QED) is 0.794. The topological polar surface area (TPSA) is 84.4 Å². The molecule has 2 atom stereocenters. The number of piperidine rings is 1. The molecule has 1 aliphatic heterocycles. The smallest absolute Gasteiger partial charge is 0.274 e. The molecule has 2 heterocycles. The van der Waals surface area contributed by atoms with Gasteiger partial charge < -0.3 is 15.7 Å². The highest BCUT2D eigenvalue weighted by molar-refractivity contribution is 5.97. The van der Waals surface area contributed by atoms with Gasteiger partial charge in [0.15, 0.2) is 0 Å². The molecule has 0 radical (unpaired) electrons. The van der Waals surface area contributed by atoms with E-state index in [1.807, 2.05) is 13.8 Å². The summed E-state index contributed by atoms with van der Waals surface area (Å²) in [5, 5.41) is 13.9. The zero-order valence-electron chi connectivity index (χ0n) is 10.8. The van der Waals surface area contributed by atoms with Crippen molar-refractivity contribution in [3.8, 4) is 0 Å². The number of nitrogens with two attached hydrogens (primary N) is 1. The molecule has 0 bridgehead atoms. The Hall–Kier alpha value is -1.56. The number of likely N-dealkylation sites (tertiary alicyclic amines) is 1. The van der Waals surface area contributed by atoms with Crippen LogP contribution in [0.3, 0.4) is 0 Å². The van der Waals surface area contributed by atoms with E-state index in [0.29, 0.717) is 31.0 Å². The molecule has 100 valence electrons. The van der Waals surface area contributed by atoms with E-state index in [-0.39, 0.29) is 11.8 Å². The molecule has 0 aliphatic carbocycles. The lowest BCUT2D eigenvalue weighted by atomic mass is 9.96. The van der Waals surface area contributed by atoms with Crippen LogP contribution in [0.4, 0.5) is 5.69 Å². The number of aliphatic hydroxyl groups excluding tert-OH is 1. The van der Waals surface area contributed by atoms with Gasteiger partial charge >= 0.3 is 0 Å². The van der Waals surface area contributed by atoms with Gasteiger partial charge in [-0.3, -0.25) is 9.48 Å². The molecule has 1 saturated heterocycles. The van der Waals surface area contributed by atoms with Gasteiger partial charge in [-0.05, 0) is 19.3 Å². The fourth-order valence-corrected chi connectivity index (χ4v) is 2.26. The van der Waals surface area contributed by atoms with E-state index in [1.165, 1.54) is 6.20 Å². The standard InChI is InChI=1S/C12H20N4O2/c1-3-16-11(9(13)6-14-16)12(18)15-5-4-8(2)10(17)7-15/h6,8,10,17H,3-5,7,13H2,1-2H3. The Morgan fingerprint density at radius 1 is 1.67 bits per heavy atom. The van der Waals surface area contributed by atoms with Gasteiger partial charge in [-0.25, -0.2) is 0 Å². The monoisotopic (exact) mass is 252 g/mol. The van der Waals surface area contributed by atoms with Crippen LogP contribution < -0.4 is 5.73 Å². The van der Waals surface area contributed by atoms with Crippen molar-refractivity contribution in [3.63, 3.8) is 0 Å². The van der Waals surface area contributed by atoms with Crippen molar-refractivity contribution >= 4 is 11.6 Å². The number of rotatable bonds is 2. The minimum atomic E-state index is -0.457. The molecular weight excluding hydrogens is 232 g/mol. The lowest BCUT2D eigenvalue weighted by molar-refractivity contribution is 0.0242. The van der Waals surface area contributed by atoms with E-state index in [4.69, 9.17) is 5.73 Å². The number of carbonyl (C=O) groups is 1. The Kier molecular flexibility index (Phi) is 3.56. The number of hydrogen-bond donors (Lipinski definition) is 2. The number of nitrogen functional groups attached to an aromatic ring is 1. The summed E-state index contributed by atoms with van der Waals surface area (Å²) >= 11 is 0. The van der Waals surface area contributed by atoms with E-state index < -0.39 is 6.10 Å². The second-order valence-corrected chi connectivity index (χ2v) is 4.85. The maximum Gasteiger partial charge on any atom is 0.274 e. The number of aliphatic hydroxyl groups is 1. The van der Waals surface area contributed by atoms with Crippen LogP contribution >= 0.6 is 0 Å². The summed E-state index contributed by atoms with van der Waals surface area (Å²) in [6, 6.07) is 0. The van der Waals surface area contributed by atoms with Crippen molar-refractivity contribution in [3.05, 3.63) is 11.9 Å². The van der Waals surface area contributed by atoms with Gasteiger partial charge in [-0.2, -0.15) is 5.10 Å². The van der Waals surface area contributed by atoms with Gasteiger partial charge in [0.05, 0.1) is 18.0 Å². The van der Waals surface area contributed by atoms with Gasteiger partial charge in [-0.1, -0.05) is 6.92 Å². The minimum Gasteiger partial charge on any atom is -0.396 e. The molecule has 1 aromatic heterocycles. The fraction of sp³-hybridized carbons (Fsp3) is 0.667. The number of aromatic nitrogens is 2. The predicted molar refractivity (Wildman–Crippen MR) is 68.0 cm³/mol. The average Bonchev–Trinajstić information content (AvgIpc) is 2.73. The van der Waals surface area contributed by atoms with Gasteiger partial charge in [0.2, 0.25) is 0 Å². The van der Waals surface area contributed by atoms with Crippen LogP contribution in [0.15, 0.2) is 6.20 Å². The van der Waals surface area contributed by atoms with Gasteiger partial charge in [0.1, 0.15) is 5.69 Å². The van der Waals surface area contributed by atoms with Crippen LogP contribution in [0, 0.1) is 5.92 Å². The Labute approximate surface area is 106 Å². The molecule has 1 aromatic rings. The summed E-state index contributed by atoms with van der Waals surface area (Å²) in [6.07, 6.45) is 1.86. The minimum absolute atomic E-state index is 0.141. The highest BCUT2D eigenvalue weighted by Gasteiger charge is 2.30. The van der Waals surface area contributed by atoms with E-state index in [0.717, 1.165) is 6.42 Å². The number of anilines is 1. The molecule has 6 nitrogen and oxygen atoms in total.